The summed E-state index contributed by atoms with van der Waals surface area (Å²) in [6.07, 6.45) is 11.4. The Kier molecular flexibility index (Phi) is 12.0. The van der Waals surface area contributed by atoms with Crippen molar-refractivity contribution in [3.8, 4) is 0 Å². The highest BCUT2D eigenvalue weighted by Crippen LogP contribution is 2.36. The molecule has 1 fully saturated rings. The molecular weight excluding hydrogens is 436 g/mol. The highest BCUT2D eigenvalue weighted by molar-refractivity contribution is 6.00. The molecule has 2 aliphatic carbocycles. The molecule has 3 unspecified atom stereocenters. The van der Waals surface area contributed by atoms with Gasteiger partial charge in [0.1, 0.15) is 17.3 Å². The lowest BCUT2D eigenvalue weighted by Crippen LogP contribution is -2.29. The smallest absolute Gasteiger partial charge is 0.163 e. The van der Waals surface area contributed by atoms with Crippen LogP contribution in [-0.2, 0) is 20.8 Å². The lowest BCUT2D eigenvalue weighted by Gasteiger charge is -2.31. The molecule has 0 amide bonds. The van der Waals surface area contributed by atoms with Crippen LogP contribution in [0.2, 0.25) is 0 Å². The van der Waals surface area contributed by atoms with Crippen LogP contribution in [0.5, 0.6) is 0 Å². The summed E-state index contributed by atoms with van der Waals surface area (Å²) in [5.74, 6) is 1.58. The van der Waals surface area contributed by atoms with Crippen LogP contribution in [0.25, 0.3) is 0 Å². The van der Waals surface area contributed by atoms with Crippen molar-refractivity contribution in [1.29, 1.82) is 0 Å². The molecule has 0 spiro atoms. The number of fused-ring (bicyclic) bond motifs is 1. The van der Waals surface area contributed by atoms with Crippen LogP contribution in [-0.4, -0.2) is 23.1 Å². The van der Waals surface area contributed by atoms with Crippen molar-refractivity contribution in [1.82, 2.24) is 0 Å². The highest BCUT2D eigenvalue weighted by atomic mass is 16.1. The van der Waals surface area contributed by atoms with Gasteiger partial charge in [-0.2, -0.15) is 0 Å². The van der Waals surface area contributed by atoms with E-state index in [0.717, 1.165) is 61.6 Å². The fourth-order valence-corrected chi connectivity index (χ4v) is 6.20. The number of hydrogen-bond donors (Lipinski definition) is 0. The maximum absolute atomic E-state index is 12.7. The van der Waals surface area contributed by atoms with Crippen molar-refractivity contribution in [3.05, 3.63) is 34.9 Å². The van der Waals surface area contributed by atoms with E-state index in [4.69, 9.17) is 0 Å². The Balaban J connectivity index is 0.000000402. The van der Waals surface area contributed by atoms with Crippen LogP contribution >= 0.6 is 0 Å². The molecule has 0 bridgehead atoms. The first-order valence-electron chi connectivity index (χ1n) is 13.8. The second-order valence-corrected chi connectivity index (χ2v) is 10.9. The molecule has 0 N–H and O–H groups in total. The van der Waals surface area contributed by atoms with Gasteiger partial charge in [-0.15, -0.1) is 0 Å². The van der Waals surface area contributed by atoms with Crippen LogP contribution in [0.4, 0.5) is 0 Å². The standard InChI is InChI=1S/C23H32O3.C8H14O/c1-5-8-18(20(6-2)21(25)11-16(4)24)12-17-13-19-10-7-9-15(3)23(19)22(26)14-17;1-7(9)8-5-3-2-4-6-8/h7,9-10,17-18,20H,5-6,8,11-14H2,1-4H3;8H,2-6H2,1H3. The summed E-state index contributed by atoms with van der Waals surface area (Å²) in [5.41, 5.74) is 3.14. The summed E-state index contributed by atoms with van der Waals surface area (Å²) in [6.45, 7) is 9.38. The summed E-state index contributed by atoms with van der Waals surface area (Å²) in [4.78, 5) is 47.4. The SMILES string of the molecule is CC(=O)C1CCCCC1.CCCC(CC1CC(=O)c2c(C)cccc2C1)C(CC)C(=O)CC(C)=O. The molecule has 3 rings (SSSR count). The molecule has 1 aromatic rings. The normalized spacial score (nSPS) is 19.7. The molecule has 0 aliphatic heterocycles. The topological polar surface area (TPSA) is 68.3 Å². The fraction of sp³-hybridized carbons (Fsp3) is 0.677. The molecule has 2 aliphatic rings. The second kappa shape index (κ2) is 14.5. The maximum Gasteiger partial charge on any atom is 0.163 e. The van der Waals surface area contributed by atoms with E-state index in [9.17, 15) is 19.2 Å². The Morgan fingerprint density at radius 2 is 1.69 bits per heavy atom. The quantitative estimate of drug-likeness (QED) is 0.329. The number of carbonyl (C=O) groups is 4. The first kappa shape index (κ1) is 29.1. The van der Waals surface area contributed by atoms with Gasteiger partial charge in [0.15, 0.2) is 5.78 Å². The maximum atomic E-state index is 12.7. The summed E-state index contributed by atoms with van der Waals surface area (Å²) < 4.78 is 0. The van der Waals surface area contributed by atoms with Gasteiger partial charge >= 0.3 is 0 Å². The molecule has 1 saturated carbocycles. The van der Waals surface area contributed by atoms with Crippen molar-refractivity contribution in [2.24, 2.45) is 23.7 Å². The first-order chi connectivity index (χ1) is 16.7. The molecule has 0 saturated heterocycles. The summed E-state index contributed by atoms with van der Waals surface area (Å²) >= 11 is 0. The molecule has 0 heterocycles. The van der Waals surface area contributed by atoms with E-state index in [1.54, 1.807) is 6.92 Å². The van der Waals surface area contributed by atoms with Crippen LogP contribution < -0.4 is 0 Å². The fourth-order valence-electron chi connectivity index (χ4n) is 6.20. The average Bonchev–Trinajstić information content (AvgIpc) is 2.80. The number of ketones is 4. The predicted molar refractivity (Wildman–Crippen MR) is 142 cm³/mol. The van der Waals surface area contributed by atoms with Gasteiger partial charge in [0.05, 0.1) is 6.42 Å². The third-order valence-corrected chi connectivity index (χ3v) is 7.94. The van der Waals surface area contributed by atoms with Crippen molar-refractivity contribution in [2.75, 3.05) is 0 Å². The van der Waals surface area contributed by atoms with Crippen molar-refractivity contribution in [3.63, 3.8) is 0 Å². The van der Waals surface area contributed by atoms with E-state index < -0.39 is 0 Å². The Hall–Kier alpha value is -2.10. The molecule has 3 atom stereocenters. The molecule has 0 aromatic heterocycles. The van der Waals surface area contributed by atoms with Gasteiger partial charge < -0.3 is 0 Å². The zero-order valence-corrected chi connectivity index (χ0v) is 22.7. The largest absolute Gasteiger partial charge is 0.300 e. The lowest BCUT2D eigenvalue weighted by atomic mass is 9.72. The lowest BCUT2D eigenvalue weighted by molar-refractivity contribution is -0.130. The van der Waals surface area contributed by atoms with Crippen molar-refractivity contribution < 1.29 is 19.2 Å². The van der Waals surface area contributed by atoms with E-state index in [1.807, 2.05) is 26.0 Å². The van der Waals surface area contributed by atoms with Gasteiger partial charge in [0.2, 0.25) is 0 Å². The van der Waals surface area contributed by atoms with E-state index in [2.05, 4.69) is 13.0 Å². The van der Waals surface area contributed by atoms with Gasteiger partial charge in [0, 0.05) is 23.8 Å². The third-order valence-electron chi connectivity index (χ3n) is 7.94. The molecule has 4 heteroatoms. The van der Waals surface area contributed by atoms with Crippen LogP contribution in [0, 0.1) is 30.6 Å². The third kappa shape index (κ3) is 8.81. The van der Waals surface area contributed by atoms with Crippen LogP contribution in [0.1, 0.15) is 120 Å². The Bertz CT molecular complexity index is 878. The van der Waals surface area contributed by atoms with E-state index in [1.165, 1.54) is 26.2 Å². The summed E-state index contributed by atoms with van der Waals surface area (Å²) in [7, 11) is 0. The van der Waals surface area contributed by atoms with Crippen molar-refractivity contribution in [2.45, 2.75) is 112 Å². The summed E-state index contributed by atoms with van der Waals surface area (Å²) in [6, 6.07) is 6.10. The van der Waals surface area contributed by atoms with Gasteiger partial charge in [-0.3, -0.25) is 19.2 Å². The Morgan fingerprint density at radius 3 is 2.23 bits per heavy atom. The van der Waals surface area contributed by atoms with Gasteiger partial charge in [-0.05, 0) is 75.8 Å². The second-order valence-electron chi connectivity index (χ2n) is 10.9. The zero-order valence-electron chi connectivity index (χ0n) is 22.7. The van der Waals surface area contributed by atoms with Crippen LogP contribution in [0.15, 0.2) is 18.2 Å². The van der Waals surface area contributed by atoms with Crippen LogP contribution in [0.3, 0.4) is 0 Å². The highest BCUT2D eigenvalue weighted by Gasteiger charge is 2.32. The average molecular weight is 483 g/mol. The van der Waals surface area contributed by atoms with E-state index >= 15 is 0 Å². The first-order valence-corrected chi connectivity index (χ1v) is 13.8. The minimum atomic E-state index is -0.0622. The Labute approximate surface area is 212 Å². The zero-order chi connectivity index (χ0) is 26.0. The number of hydrogen-bond acceptors (Lipinski definition) is 4. The molecule has 1 aromatic carbocycles. The monoisotopic (exact) mass is 482 g/mol. The Morgan fingerprint density at radius 1 is 1.00 bits per heavy atom. The number of aryl methyl sites for hydroxylation is 1. The predicted octanol–water partition coefficient (Wildman–Crippen LogP) is 7.28. The number of carbonyl (C=O) groups excluding carboxylic acids is 4. The van der Waals surface area contributed by atoms with Gasteiger partial charge in [0.25, 0.3) is 0 Å². The molecule has 194 valence electrons. The number of Topliss-reactive ketones (excluding diaryl/α,β-unsaturated/α-hetero) is 4. The van der Waals surface area contributed by atoms with E-state index in [-0.39, 0.29) is 35.6 Å². The molecular formula is C31H46O4. The molecule has 0 radical (unpaired) electrons. The van der Waals surface area contributed by atoms with Gasteiger partial charge in [-0.25, -0.2) is 0 Å². The minimum Gasteiger partial charge on any atom is -0.300 e. The number of benzene rings is 1. The van der Waals surface area contributed by atoms with Crippen molar-refractivity contribution >= 4 is 23.1 Å². The van der Waals surface area contributed by atoms with Gasteiger partial charge in [-0.1, -0.05) is 64.2 Å². The molecule has 4 nitrogen and oxygen atoms in total. The van der Waals surface area contributed by atoms with E-state index in [0.29, 0.717) is 24.0 Å². The number of rotatable bonds is 10. The minimum absolute atomic E-state index is 0.0460. The molecule has 35 heavy (non-hydrogen) atoms. The summed E-state index contributed by atoms with van der Waals surface area (Å²) in [5, 5.41) is 0.